The van der Waals surface area contributed by atoms with Gasteiger partial charge in [0.2, 0.25) is 0 Å². The topological polar surface area (TPSA) is 16.6 Å². The Balaban J connectivity index is 0.000000293. The summed E-state index contributed by atoms with van der Waals surface area (Å²) in [6.07, 6.45) is 0. The second-order valence-electron chi connectivity index (χ2n) is 3.06. The summed E-state index contributed by atoms with van der Waals surface area (Å²) < 4.78 is 59.6. The van der Waals surface area contributed by atoms with Crippen LogP contribution in [0.25, 0.3) is 0 Å². The van der Waals surface area contributed by atoms with E-state index < -0.39 is 19.5 Å². The van der Waals surface area contributed by atoms with Crippen LogP contribution in [0.5, 0.6) is 0 Å². The molecule has 1 aromatic carbocycles. The van der Waals surface area contributed by atoms with Gasteiger partial charge in [0.05, 0.1) is 7.05 Å². The van der Waals surface area contributed by atoms with Gasteiger partial charge in [-0.05, 0) is 0 Å². The maximum absolute atomic E-state index is 11.2. The third kappa shape index (κ3) is 19.2. The van der Waals surface area contributed by atoms with Crippen LogP contribution < -0.4 is 5.32 Å². The van der Waals surface area contributed by atoms with Gasteiger partial charge in [0.15, 0.2) is 0 Å². The van der Waals surface area contributed by atoms with Crippen LogP contribution in [0.3, 0.4) is 0 Å². The molecule has 0 aromatic heterocycles. The standard InChI is InChI=1S/C8H11N.6FH.Sb/c1-9-7-8-5-3-2-4-6-8;;;;;;;/h2-6,9H,7H2,1H3;6*1H;/q;;;;;;;+5/p-5. The molecule has 0 aliphatic rings. The number of hydrogen-bond donors (Lipinski definition) is 1. The van der Waals surface area contributed by atoms with E-state index in [4.69, 9.17) is 0 Å². The molecule has 0 amide bonds. The van der Waals surface area contributed by atoms with Crippen molar-refractivity contribution >= 4 is 19.5 Å². The van der Waals surface area contributed by atoms with Gasteiger partial charge in [-0.1, -0.05) is 30.3 Å². The number of rotatable bonds is 2. The summed E-state index contributed by atoms with van der Waals surface area (Å²) in [7, 11) is 2.08. The molecule has 0 unspecified atom stereocenters. The molecular formula is C8H12F6NSb. The Bertz CT molecular complexity index is 306. The van der Waals surface area contributed by atoms with E-state index in [0.717, 1.165) is 6.54 Å². The number of nitrogens with two attached hydrogens (primary N) is 1. The Hall–Kier alpha value is -0.422. The van der Waals surface area contributed by atoms with Crippen molar-refractivity contribution in [2.45, 2.75) is 6.54 Å². The molecule has 1 rings (SSSR count). The third-order valence-corrected chi connectivity index (χ3v) is 1.28. The average molecular weight is 358 g/mol. The van der Waals surface area contributed by atoms with Crippen LogP contribution in [0.4, 0.5) is 16.9 Å². The zero-order chi connectivity index (χ0) is 12.9. The third-order valence-electron chi connectivity index (χ3n) is 1.28. The van der Waals surface area contributed by atoms with E-state index in [2.05, 4.69) is 36.6 Å². The van der Waals surface area contributed by atoms with Crippen molar-refractivity contribution in [2.24, 2.45) is 0 Å². The number of benzene rings is 1. The van der Waals surface area contributed by atoms with Crippen molar-refractivity contribution in [3.63, 3.8) is 0 Å². The van der Waals surface area contributed by atoms with E-state index in [9.17, 15) is 16.9 Å². The maximum atomic E-state index is 9.93. The molecule has 0 atom stereocenters. The van der Waals surface area contributed by atoms with Crippen molar-refractivity contribution < 1.29 is 22.2 Å². The van der Waals surface area contributed by atoms with Crippen molar-refractivity contribution in [1.29, 1.82) is 0 Å². The van der Waals surface area contributed by atoms with Crippen molar-refractivity contribution in [1.82, 2.24) is 0 Å². The summed E-state index contributed by atoms with van der Waals surface area (Å²) in [4.78, 5) is 0. The van der Waals surface area contributed by atoms with Crippen LogP contribution in [0.2, 0.25) is 0 Å². The second-order valence-corrected chi connectivity index (χ2v) is 8.53. The zero-order valence-electron chi connectivity index (χ0n) is 8.39. The SMILES string of the molecule is C[NH2+]Cc1ccccc1.[F][Sb-]([F])([F])([F])([F])[F]. The molecule has 1 aromatic rings. The van der Waals surface area contributed by atoms with Crippen LogP contribution in [-0.2, 0) is 6.54 Å². The molecule has 0 bridgehead atoms. The number of quaternary nitrogens is 1. The fourth-order valence-electron chi connectivity index (χ4n) is 0.850. The summed E-state index contributed by atoms with van der Waals surface area (Å²) >= 11 is -11.2. The fourth-order valence-corrected chi connectivity index (χ4v) is 0.850. The van der Waals surface area contributed by atoms with Crippen molar-refractivity contribution in [3.05, 3.63) is 35.9 Å². The van der Waals surface area contributed by atoms with Gasteiger partial charge in [0, 0.05) is 5.56 Å². The molecular weight excluding hydrogens is 346 g/mol. The molecule has 2 N–H and O–H groups in total. The average Bonchev–Trinajstić information content (AvgIpc) is 2.01. The molecule has 0 saturated carbocycles. The normalized spacial score (nSPS) is 15.4. The van der Waals surface area contributed by atoms with Gasteiger partial charge < -0.3 is 5.32 Å². The molecule has 0 aliphatic carbocycles. The van der Waals surface area contributed by atoms with E-state index in [0.29, 0.717) is 0 Å². The summed E-state index contributed by atoms with van der Waals surface area (Å²) in [5, 5.41) is 2.16. The predicted octanol–water partition coefficient (Wildman–Crippen LogP) is 2.52. The fraction of sp³-hybridized carbons (Fsp3) is 0.250. The van der Waals surface area contributed by atoms with Gasteiger partial charge in [-0.25, -0.2) is 0 Å². The first kappa shape index (κ1) is 15.6. The van der Waals surface area contributed by atoms with Crippen molar-refractivity contribution in [2.75, 3.05) is 7.05 Å². The zero-order valence-corrected chi connectivity index (χ0v) is 10.9. The van der Waals surface area contributed by atoms with Crippen LogP contribution in [0.15, 0.2) is 30.3 Å². The molecule has 8 heteroatoms. The first-order valence-corrected chi connectivity index (χ1v) is 10.1. The first-order chi connectivity index (χ1) is 6.88. The molecule has 0 fully saturated rings. The summed E-state index contributed by atoms with van der Waals surface area (Å²) in [6, 6.07) is 10.5. The van der Waals surface area contributed by atoms with E-state index in [1.54, 1.807) is 0 Å². The Morgan fingerprint density at radius 2 is 1.31 bits per heavy atom. The molecule has 0 radical (unpaired) electrons. The van der Waals surface area contributed by atoms with Gasteiger partial charge in [-0.3, -0.25) is 0 Å². The van der Waals surface area contributed by atoms with Gasteiger partial charge in [-0.15, -0.1) is 0 Å². The molecule has 0 spiro atoms. The van der Waals surface area contributed by atoms with Gasteiger partial charge in [0.1, 0.15) is 6.54 Å². The molecule has 0 aliphatic heterocycles. The quantitative estimate of drug-likeness (QED) is 0.618. The summed E-state index contributed by atoms with van der Waals surface area (Å²) in [5.74, 6) is 0. The molecule has 16 heavy (non-hydrogen) atoms. The molecule has 1 nitrogen and oxygen atoms in total. The van der Waals surface area contributed by atoms with E-state index in [1.165, 1.54) is 5.56 Å². The van der Waals surface area contributed by atoms with Gasteiger partial charge in [-0.2, -0.15) is 0 Å². The summed E-state index contributed by atoms with van der Waals surface area (Å²) in [6.45, 7) is 1.08. The Morgan fingerprint density at radius 1 is 0.938 bits per heavy atom. The van der Waals surface area contributed by atoms with E-state index >= 15 is 0 Å². The predicted molar refractivity (Wildman–Crippen MR) is 50.4 cm³/mol. The Labute approximate surface area is 91.4 Å². The second kappa shape index (κ2) is 4.45. The Morgan fingerprint density at radius 3 is 1.62 bits per heavy atom. The van der Waals surface area contributed by atoms with Crippen LogP contribution in [0, 0.1) is 0 Å². The Kier molecular flexibility index (Phi) is 4.33. The van der Waals surface area contributed by atoms with E-state index in [1.807, 2.05) is 6.07 Å². The molecule has 0 saturated heterocycles. The first-order valence-electron chi connectivity index (χ1n) is 4.26. The molecule has 0 heterocycles. The monoisotopic (exact) mass is 357 g/mol. The van der Waals surface area contributed by atoms with E-state index in [-0.39, 0.29) is 0 Å². The number of halogens is 6. The van der Waals surface area contributed by atoms with Crippen molar-refractivity contribution in [3.8, 4) is 0 Å². The van der Waals surface area contributed by atoms with Crippen LogP contribution >= 0.6 is 0 Å². The van der Waals surface area contributed by atoms with Crippen LogP contribution in [-0.4, -0.2) is 26.5 Å². The minimum atomic E-state index is -11.2. The number of hydrogen-bond acceptors (Lipinski definition) is 0. The minimum absolute atomic E-state index is 1.08. The molecule has 96 valence electrons. The summed E-state index contributed by atoms with van der Waals surface area (Å²) in [5.41, 5.74) is 1.39. The van der Waals surface area contributed by atoms with Gasteiger partial charge in [0.25, 0.3) is 0 Å². The van der Waals surface area contributed by atoms with Gasteiger partial charge >= 0.3 is 36.4 Å². The van der Waals surface area contributed by atoms with Crippen LogP contribution in [0.1, 0.15) is 5.56 Å².